The zero-order chi connectivity index (χ0) is 25.5. The van der Waals surface area contributed by atoms with Crippen molar-refractivity contribution < 1.29 is 9.18 Å². The van der Waals surface area contributed by atoms with Crippen molar-refractivity contribution >= 4 is 28.2 Å². The number of H-pyrrole nitrogens is 2. The minimum absolute atomic E-state index is 0.0739. The van der Waals surface area contributed by atoms with E-state index in [0.717, 1.165) is 46.3 Å². The van der Waals surface area contributed by atoms with Gasteiger partial charge in [0.15, 0.2) is 11.5 Å². The molecule has 0 radical (unpaired) electrons. The van der Waals surface area contributed by atoms with E-state index in [1.54, 1.807) is 30.7 Å². The molecule has 0 bridgehead atoms. The third-order valence-corrected chi connectivity index (χ3v) is 6.45. The van der Waals surface area contributed by atoms with E-state index in [9.17, 15) is 9.18 Å². The fourth-order valence-electron chi connectivity index (χ4n) is 4.50. The van der Waals surface area contributed by atoms with Crippen LogP contribution in [-0.4, -0.2) is 36.0 Å². The lowest BCUT2D eigenvalue weighted by molar-refractivity contribution is -0.118. The smallest absolute Gasteiger partial charge is 0.226 e. The summed E-state index contributed by atoms with van der Waals surface area (Å²) in [5.41, 5.74) is 6.54. The minimum atomic E-state index is -0.271. The summed E-state index contributed by atoms with van der Waals surface area (Å²) >= 11 is 0. The number of aromatic amines is 2. The number of hydrogen-bond donors (Lipinski definition) is 3. The van der Waals surface area contributed by atoms with Crippen LogP contribution in [0.4, 0.5) is 10.1 Å². The lowest BCUT2D eigenvalue weighted by Crippen LogP contribution is -2.17. The zero-order valence-electron chi connectivity index (χ0n) is 20.3. The molecule has 0 aliphatic heterocycles. The van der Waals surface area contributed by atoms with Crippen LogP contribution in [0.1, 0.15) is 37.2 Å². The van der Waals surface area contributed by atoms with Crippen molar-refractivity contribution in [3.05, 3.63) is 83.8 Å². The number of allylic oxidation sites excluding steroid dienone is 1. The normalized spacial score (nSPS) is 13.0. The number of fused-ring (bicyclic) bond motifs is 2. The summed E-state index contributed by atoms with van der Waals surface area (Å²) in [7, 11) is 0. The third kappa shape index (κ3) is 4.18. The largest absolute Gasteiger partial charge is 0.340 e. The summed E-state index contributed by atoms with van der Waals surface area (Å²) < 4.78 is 14.6. The summed E-state index contributed by atoms with van der Waals surface area (Å²) in [5, 5.41) is 11.1. The Morgan fingerprint density at radius 3 is 2.78 bits per heavy atom. The van der Waals surface area contributed by atoms with E-state index >= 15 is 0 Å². The second-order valence-corrected chi connectivity index (χ2v) is 9.35. The maximum atomic E-state index is 14.6. The van der Waals surface area contributed by atoms with Crippen molar-refractivity contribution in [2.45, 2.75) is 26.7 Å². The number of hydrogen-bond acceptors (Lipinski definition) is 5. The lowest BCUT2D eigenvalue weighted by Gasteiger charge is -2.13. The Balaban J connectivity index is 1.38. The Morgan fingerprint density at radius 2 is 1.95 bits per heavy atom. The first-order chi connectivity index (χ1) is 18.0. The van der Waals surface area contributed by atoms with Gasteiger partial charge in [0, 0.05) is 46.3 Å². The molecule has 0 fully saturated rings. The van der Waals surface area contributed by atoms with Crippen LogP contribution >= 0.6 is 0 Å². The molecular weight excluding hydrogens is 469 g/mol. The van der Waals surface area contributed by atoms with Gasteiger partial charge in [-0.15, -0.1) is 0 Å². The third-order valence-electron chi connectivity index (χ3n) is 6.45. The molecule has 0 unspecified atom stereocenters. The SMILES string of the molecule is CC(C)C(=O)Nc1cncc(-c2cnc3n[nH]c(-c4nc5c([nH]4)CCC=C5c4ccccc4F)c3c2)c1. The molecule has 1 aliphatic carbocycles. The molecule has 6 rings (SSSR count). The van der Waals surface area contributed by atoms with Gasteiger partial charge in [0.05, 0.1) is 23.0 Å². The standard InChI is InChI=1S/C28H24FN7O/c1-15(2)28(37)32-18-10-16(12-30-14-18)17-11-21-25(35-36-26(21)31-13-17)27-33-23-9-5-7-20(24(23)34-27)19-6-3-4-8-22(19)29/h3-4,6-8,10-15H,5,9H2,1-2H3,(H,32,37)(H,33,34)(H,31,35,36). The molecule has 4 aromatic heterocycles. The number of nitrogens with zero attached hydrogens (tertiary/aromatic N) is 4. The number of anilines is 1. The highest BCUT2D eigenvalue weighted by atomic mass is 19.1. The molecule has 4 heterocycles. The summed E-state index contributed by atoms with van der Waals surface area (Å²) in [4.78, 5) is 29.2. The number of carbonyl (C=O) groups excluding carboxylic acids is 1. The first-order valence-corrected chi connectivity index (χ1v) is 12.1. The zero-order valence-corrected chi connectivity index (χ0v) is 20.3. The molecular formula is C28H24FN7O. The Labute approximate surface area is 212 Å². The van der Waals surface area contributed by atoms with E-state index in [4.69, 9.17) is 4.98 Å². The second kappa shape index (κ2) is 9.09. The molecule has 3 N–H and O–H groups in total. The van der Waals surface area contributed by atoms with Crippen LogP contribution in [-0.2, 0) is 11.2 Å². The molecule has 0 saturated carbocycles. The van der Waals surface area contributed by atoms with Crippen LogP contribution in [0.3, 0.4) is 0 Å². The summed E-state index contributed by atoms with van der Waals surface area (Å²) in [6.07, 6.45) is 8.69. The molecule has 9 heteroatoms. The second-order valence-electron chi connectivity index (χ2n) is 9.35. The number of rotatable bonds is 5. The minimum Gasteiger partial charge on any atom is -0.340 e. The molecule has 8 nitrogen and oxygen atoms in total. The van der Waals surface area contributed by atoms with Gasteiger partial charge in [-0.05, 0) is 31.0 Å². The Bertz CT molecular complexity index is 1680. The highest BCUT2D eigenvalue weighted by Crippen LogP contribution is 2.35. The number of pyridine rings is 2. The predicted octanol–water partition coefficient (Wildman–Crippen LogP) is 5.52. The number of carbonyl (C=O) groups is 1. The van der Waals surface area contributed by atoms with Crippen LogP contribution in [0.25, 0.3) is 39.3 Å². The van der Waals surface area contributed by atoms with Gasteiger partial charge in [-0.3, -0.25) is 14.9 Å². The highest BCUT2D eigenvalue weighted by molar-refractivity contribution is 5.94. The maximum absolute atomic E-state index is 14.6. The Hall–Kier alpha value is -4.66. The van der Waals surface area contributed by atoms with E-state index in [1.807, 2.05) is 38.1 Å². The van der Waals surface area contributed by atoms with Crippen LogP contribution in [0.5, 0.6) is 0 Å². The Kier molecular flexibility index (Phi) is 5.60. The molecule has 5 aromatic rings. The maximum Gasteiger partial charge on any atom is 0.226 e. The van der Waals surface area contributed by atoms with Gasteiger partial charge in [0.25, 0.3) is 0 Å². The summed E-state index contributed by atoms with van der Waals surface area (Å²) in [6.45, 7) is 3.68. The monoisotopic (exact) mass is 493 g/mol. The summed E-state index contributed by atoms with van der Waals surface area (Å²) in [5.74, 6) is 0.136. The van der Waals surface area contributed by atoms with Crippen molar-refractivity contribution in [2.24, 2.45) is 5.92 Å². The molecule has 0 spiro atoms. The van der Waals surface area contributed by atoms with E-state index in [1.165, 1.54) is 6.07 Å². The quantitative estimate of drug-likeness (QED) is 0.298. The van der Waals surface area contributed by atoms with E-state index in [2.05, 4.69) is 30.5 Å². The van der Waals surface area contributed by atoms with Gasteiger partial charge >= 0.3 is 0 Å². The molecule has 0 atom stereocenters. The molecule has 1 aromatic carbocycles. The van der Waals surface area contributed by atoms with Crippen LogP contribution in [0, 0.1) is 11.7 Å². The van der Waals surface area contributed by atoms with Crippen molar-refractivity contribution in [3.63, 3.8) is 0 Å². The Morgan fingerprint density at radius 1 is 1.11 bits per heavy atom. The number of amides is 1. The van der Waals surface area contributed by atoms with E-state index < -0.39 is 0 Å². The topological polar surface area (TPSA) is 112 Å². The van der Waals surface area contributed by atoms with Crippen LogP contribution < -0.4 is 5.32 Å². The average molecular weight is 494 g/mol. The number of imidazole rings is 1. The molecule has 1 aliphatic rings. The molecule has 0 saturated heterocycles. The van der Waals surface area contributed by atoms with Crippen LogP contribution in [0.2, 0.25) is 0 Å². The van der Waals surface area contributed by atoms with Crippen molar-refractivity contribution in [2.75, 3.05) is 5.32 Å². The average Bonchev–Trinajstić information content (AvgIpc) is 3.53. The number of benzene rings is 1. The summed E-state index contributed by atoms with van der Waals surface area (Å²) in [6, 6.07) is 10.6. The molecule has 37 heavy (non-hydrogen) atoms. The molecule has 1 amide bonds. The predicted molar refractivity (Wildman–Crippen MR) is 140 cm³/mol. The number of aromatic nitrogens is 6. The van der Waals surface area contributed by atoms with E-state index in [0.29, 0.717) is 28.4 Å². The fraction of sp³-hybridized carbons (Fsp3) is 0.179. The number of nitrogens with one attached hydrogen (secondary N) is 3. The first-order valence-electron chi connectivity index (χ1n) is 12.1. The van der Waals surface area contributed by atoms with Gasteiger partial charge in [-0.2, -0.15) is 5.10 Å². The molecule has 184 valence electrons. The van der Waals surface area contributed by atoms with E-state index in [-0.39, 0.29) is 17.6 Å². The lowest BCUT2D eigenvalue weighted by atomic mass is 9.94. The van der Waals surface area contributed by atoms with Crippen molar-refractivity contribution in [1.82, 2.24) is 30.1 Å². The van der Waals surface area contributed by atoms with Crippen LogP contribution in [0.15, 0.2) is 61.1 Å². The van der Waals surface area contributed by atoms with Gasteiger partial charge in [0.1, 0.15) is 11.5 Å². The fourth-order valence-corrected chi connectivity index (χ4v) is 4.50. The van der Waals surface area contributed by atoms with Gasteiger partial charge in [0.2, 0.25) is 5.91 Å². The number of halogens is 1. The van der Waals surface area contributed by atoms with Gasteiger partial charge in [-0.25, -0.2) is 14.4 Å². The van der Waals surface area contributed by atoms with Crippen molar-refractivity contribution in [3.8, 4) is 22.6 Å². The van der Waals surface area contributed by atoms with Crippen molar-refractivity contribution in [1.29, 1.82) is 0 Å². The van der Waals surface area contributed by atoms with Gasteiger partial charge in [-0.1, -0.05) is 38.1 Å². The first kappa shape index (κ1) is 22.8. The van der Waals surface area contributed by atoms with Gasteiger partial charge < -0.3 is 10.3 Å². The highest BCUT2D eigenvalue weighted by Gasteiger charge is 2.23. The number of aryl methyl sites for hydroxylation is 1.